The predicted octanol–water partition coefficient (Wildman–Crippen LogP) is 5.38. The first-order valence-corrected chi connectivity index (χ1v) is 11.8. The molecule has 1 aromatic carbocycles. The summed E-state index contributed by atoms with van der Waals surface area (Å²) < 4.78 is 8.64. The fourth-order valence-corrected chi connectivity index (χ4v) is 4.05. The standard InChI is InChI=1S/C22H27N5O2S2/c1-6-29-19-12-23-11-17(25-19)15-7-9-16(10-8-15)24-20(28)22(4,5)18-13-30-21(26-18)27-31-14(2)3/h7-14H,6H2,1-5H3,(H,24,28)(H,26,27). The zero-order valence-electron chi connectivity index (χ0n) is 18.3. The topological polar surface area (TPSA) is 89.0 Å². The van der Waals surface area contributed by atoms with Gasteiger partial charge in [0.2, 0.25) is 11.8 Å². The summed E-state index contributed by atoms with van der Waals surface area (Å²) in [7, 11) is 0. The zero-order chi connectivity index (χ0) is 22.4. The Morgan fingerprint density at radius 3 is 2.61 bits per heavy atom. The lowest BCUT2D eigenvalue weighted by Crippen LogP contribution is -2.35. The summed E-state index contributed by atoms with van der Waals surface area (Å²) in [4.78, 5) is 26.2. The van der Waals surface area contributed by atoms with Gasteiger partial charge < -0.3 is 14.8 Å². The Kier molecular flexibility index (Phi) is 7.50. The number of thiazole rings is 1. The largest absolute Gasteiger partial charge is 0.477 e. The van der Waals surface area contributed by atoms with Crippen LogP contribution in [0.25, 0.3) is 11.3 Å². The third-order valence-electron chi connectivity index (χ3n) is 4.44. The number of nitrogens with one attached hydrogen (secondary N) is 2. The maximum absolute atomic E-state index is 13.0. The van der Waals surface area contributed by atoms with Gasteiger partial charge in [0.25, 0.3) is 0 Å². The summed E-state index contributed by atoms with van der Waals surface area (Å²) in [5.74, 6) is 0.370. The van der Waals surface area contributed by atoms with E-state index in [-0.39, 0.29) is 5.91 Å². The van der Waals surface area contributed by atoms with Crippen LogP contribution < -0.4 is 14.8 Å². The molecule has 164 valence electrons. The monoisotopic (exact) mass is 457 g/mol. The molecule has 3 aromatic rings. The summed E-state index contributed by atoms with van der Waals surface area (Å²) >= 11 is 3.10. The minimum Gasteiger partial charge on any atom is -0.477 e. The van der Waals surface area contributed by atoms with Crippen LogP contribution in [0.4, 0.5) is 10.8 Å². The molecule has 1 amide bonds. The minimum absolute atomic E-state index is 0.119. The Bertz CT molecular complexity index is 1020. The quantitative estimate of drug-likeness (QED) is 0.417. The van der Waals surface area contributed by atoms with Crippen molar-refractivity contribution >= 4 is 40.0 Å². The van der Waals surface area contributed by atoms with Crippen molar-refractivity contribution in [1.82, 2.24) is 15.0 Å². The third kappa shape index (κ3) is 5.95. The number of hydrogen-bond acceptors (Lipinski definition) is 8. The van der Waals surface area contributed by atoms with E-state index < -0.39 is 5.41 Å². The van der Waals surface area contributed by atoms with Crippen molar-refractivity contribution < 1.29 is 9.53 Å². The van der Waals surface area contributed by atoms with Gasteiger partial charge in [0, 0.05) is 21.9 Å². The molecule has 0 aliphatic heterocycles. The Morgan fingerprint density at radius 2 is 1.94 bits per heavy atom. The van der Waals surface area contributed by atoms with E-state index in [0.29, 0.717) is 29.1 Å². The van der Waals surface area contributed by atoms with Gasteiger partial charge in [-0.25, -0.2) is 9.97 Å². The molecule has 0 radical (unpaired) electrons. The summed E-state index contributed by atoms with van der Waals surface area (Å²) in [6.45, 7) is 10.4. The molecule has 0 saturated carbocycles. The van der Waals surface area contributed by atoms with Crippen molar-refractivity contribution in [1.29, 1.82) is 0 Å². The van der Waals surface area contributed by atoms with Gasteiger partial charge in [0.1, 0.15) is 0 Å². The molecule has 0 spiro atoms. The van der Waals surface area contributed by atoms with Crippen LogP contribution >= 0.6 is 23.3 Å². The van der Waals surface area contributed by atoms with Crippen LogP contribution in [0.2, 0.25) is 0 Å². The van der Waals surface area contributed by atoms with Gasteiger partial charge >= 0.3 is 0 Å². The number of aromatic nitrogens is 3. The van der Waals surface area contributed by atoms with Crippen molar-refractivity contribution in [3.8, 4) is 17.1 Å². The normalized spacial score (nSPS) is 11.4. The molecule has 0 aliphatic rings. The molecule has 0 fully saturated rings. The van der Waals surface area contributed by atoms with Crippen LogP contribution in [0.1, 0.15) is 40.3 Å². The number of amides is 1. The fraction of sp³-hybridized carbons (Fsp3) is 0.364. The lowest BCUT2D eigenvalue weighted by atomic mass is 9.89. The van der Waals surface area contributed by atoms with Gasteiger partial charge in [-0.3, -0.25) is 9.78 Å². The van der Waals surface area contributed by atoms with E-state index in [9.17, 15) is 4.79 Å². The van der Waals surface area contributed by atoms with Crippen molar-refractivity contribution in [2.24, 2.45) is 0 Å². The zero-order valence-corrected chi connectivity index (χ0v) is 19.9. The third-order valence-corrected chi connectivity index (χ3v) is 6.11. The number of benzene rings is 1. The highest BCUT2D eigenvalue weighted by Crippen LogP contribution is 2.30. The molecule has 3 rings (SSSR count). The molecule has 0 aliphatic carbocycles. The van der Waals surface area contributed by atoms with Crippen LogP contribution in [0.3, 0.4) is 0 Å². The van der Waals surface area contributed by atoms with E-state index in [1.165, 1.54) is 11.3 Å². The number of rotatable bonds is 9. The molecule has 0 bridgehead atoms. The summed E-state index contributed by atoms with van der Waals surface area (Å²) in [5, 5.41) is 6.16. The van der Waals surface area contributed by atoms with E-state index >= 15 is 0 Å². The molecule has 0 atom stereocenters. The molecule has 2 heterocycles. The smallest absolute Gasteiger partial charge is 0.236 e. The van der Waals surface area contributed by atoms with Crippen molar-refractivity contribution in [2.75, 3.05) is 16.6 Å². The molecule has 2 N–H and O–H groups in total. The van der Waals surface area contributed by atoms with Gasteiger partial charge in [0.15, 0.2) is 5.13 Å². The highest BCUT2D eigenvalue weighted by atomic mass is 32.2. The number of anilines is 2. The highest BCUT2D eigenvalue weighted by Gasteiger charge is 2.32. The Morgan fingerprint density at radius 1 is 1.19 bits per heavy atom. The SMILES string of the molecule is CCOc1cncc(-c2ccc(NC(=O)C(C)(C)c3csc(NSC(C)C)n3)cc2)n1. The molecule has 2 aromatic heterocycles. The van der Waals surface area contributed by atoms with E-state index in [2.05, 4.69) is 38.8 Å². The van der Waals surface area contributed by atoms with Crippen LogP contribution in [0.5, 0.6) is 5.88 Å². The Balaban J connectivity index is 1.68. The molecule has 9 heteroatoms. The molecule has 0 saturated heterocycles. The summed E-state index contributed by atoms with van der Waals surface area (Å²) in [6, 6.07) is 7.50. The average Bonchev–Trinajstić information content (AvgIpc) is 3.23. The number of carbonyl (C=O) groups excluding carboxylic acids is 1. The molecular weight excluding hydrogens is 430 g/mol. The maximum Gasteiger partial charge on any atom is 0.236 e. The first-order valence-electron chi connectivity index (χ1n) is 10.0. The van der Waals surface area contributed by atoms with Gasteiger partial charge in [0.05, 0.1) is 35.8 Å². The van der Waals surface area contributed by atoms with Gasteiger partial charge in [-0.2, -0.15) is 0 Å². The highest BCUT2D eigenvalue weighted by molar-refractivity contribution is 8.01. The van der Waals surface area contributed by atoms with E-state index in [4.69, 9.17) is 4.74 Å². The van der Waals surface area contributed by atoms with Crippen molar-refractivity contribution in [2.45, 2.75) is 45.3 Å². The Hall–Kier alpha value is -2.65. The van der Waals surface area contributed by atoms with Gasteiger partial charge in [-0.1, -0.05) is 26.0 Å². The van der Waals surface area contributed by atoms with Gasteiger partial charge in [-0.05, 0) is 44.9 Å². The lowest BCUT2D eigenvalue weighted by molar-refractivity contribution is -0.120. The van der Waals surface area contributed by atoms with Gasteiger partial charge in [-0.15, -0.1) is 11.3 Å². The van der Waals surface area contributed by atoms with Crippen LogP contribution in [-0.4, -0.2) is 32.7 Å². The first kappa shape index (κ1) is 23.0. The minimum atomic E-state index is -0.769. The second-order valence-corrected chi connectivity index (χ2v) is 9.88. The molecule has 0 unspecified atom stereocenters. The van der Waals surface area contributed by atoms with Crippen molar-refractivity contribution in [3.05, 3.63) is 47.7 Å². The Labute approximate surface area is 191 Å². The second-order valence-electron chi connectivity index (χ2n) is 7.64. The molecule has 7 nitrogen and oxygen atoms in total. The maximum atomic E-state index is 13.0. The van der Waals surface area contributed by atoms with E-state index in [0.717, 1.165) is 16.4 Å². The number of ether oxygens (including phenoxy) is 1. The average molecular weight is 458 g/mol. The summed E-state index contributed by atoms with van der Waals surface area (Å²) in [5.41, 5.74) is 2.28. The lowest BCUT2D eigenvalue weighted by Gasteiger charge is -2.21. The predicted molar refractivity (Wildman–Crippen MR) is 129 cm³/mol. The molecule has 31 heavy (non-hydrogen) atoms. The first-order chi connectivity index (χ1) is 14.8. The number of hydrogen-bond donors (Lipinski definition) is 2. The van der Waals surface area contributed by atoms with Crippen LogP contribution in [0.15, 0.2) is 42.0 Å². The second kappa shape index (κ2) is 10.1. The van der Waals surface area contributed by atoms with Crippen molar-refractivity contribution in [3.63, 3.8) is 0 Å². The molecular formula is C22H27N5O2S2. The fourth-order valence-electron chi connectivity index (χ4n) is 2.61. The summed E-state index contributed by atoms with van der Waals surface area (Å²) in [6.07, 6.45) is 3.27. The number of nitrogens with zero attached hydrogens (tertiary/aromatic N) is 3. The van der Waals surface area contributed by atoms with E-state index in [1.54, 1.807) is 24.3 Å². The number of carbonyl (C=O) groups is 1. The van der Waals surface area contributed by atoms with Crippen LogP contribution in [-0.2, 0) is 10.2 Å². The van der Waals surface area contributed by atoms with Crippen LogP contribution in [0, 0.1) is 0 Å². The van der Waals surface area contributed by atoms with E-state index in [1.807, 2.05) is 50.4 Å².